The number of aryl methyl sites for hydroxylation is 1. The van der Waals surface area contributed by atoms with Crippen LogP contribution in [0.4, 0.5) is 0 Å². The fourth-order valence-electron chi connectivity index (χ4n) is 2.87. The summed E-state index contributed by atoms with van der Waals surface area (Å²) in [6.07, 6.45) is 0.736. The van der Waals surface area contributed by atoms with Crippen molar-refractivity contribution in [3.05, 3.63) is 70.1 Å². The van der Waals surface area contributed by atoms with Crippen LogP contribution in [0, 0.1) is 0 Å². The first-order valence-corrected chi connectivity index (χ1v) is 9.04. The number of methoxy groups -OCH3 is 1. The van der Waals surface area contributed by atoms with Gasteiger partial charge < -0.3 is 4.74 Å². The number of hydrogen-bond donors (Lipinski definition) is 1. The molecule has 0 fully saturated rings. The summed E-state index contributed by atoms with van der Waals surface area (Å²) in [7, 11) is 1.59. The number of hydrogen-bond acceptors (Lipinski definition) is 5. The van der Waals surface area contributed by atoms with Crippen molar-refractivity contribution < 1.29 is 9.53 Å². The number of aromatic nitrogens is 2. The number of hydrazone groups is 1. The van der Waals surface area contributed by atoms with E-state index < -0.39 is 5.91 Å². The number of benzene rings is 2. The Morgan fingerprint density at radius 2 is 1.93 bits per heavy atom. The lowest BCUT2D eigenvalue weighted by molar-refractivity contribution is 0.0949. The fraction of sp³-hybridized carbons (Fsp3) is 0.238. The Balaban J connectivity index is 1.95. The predicted molar refractivity (Wildman–Crippen MR) is 109 cm³/mol. The molecule has 0 unspecified atom stereocenters. The third kappa shape index (κ3) is 3.93. The van der Waals surface area contributed by atoms with Crippen LogP contribution in [0.25, 0.3) is 10.8 Å². The van der Waals surface area contributed by atoms with Gasteiger partial charge in [-0.3, -0.25) is 9.59 Å². The van der Waals surface area contributed by atoms with Gasteiger partial charge in [-0.1, -0.05) is 37.3 Å². The highest BCUT2D eigenvalue weighted by Crippen LogP contribution is 2.15. The fourth-order valence-corrected chi connectivity index (χ4v) is 2.87. The summed E-state index contributed by atoms with van der Waals surface area (Å²) in [6, 6.07) is 14.4. The van der Waals surface area contributed by atoms with Crippen LogP contribution >= 0.6 is 0 Å². The third-order valence-corrected chi connectivity index (χ3v) is 4.33. The Labute approximate surface area is 162 Å². The molecule has 1 heterocycles. The molecule has 0 aliphatic rings. The first-order valence-electron chi connectivity index (χ1n) is 9.04. The van der Waals surface area contributed by atoms with Crippen molar-refractivity contribution in [2.75, 3.05) is 7.11 Å². The Hall–Kier alpha value is -3.48. The molecule has 144 valence electrons. The second-order valence-corrected chi connectivity index (χ2v) is 6.29. The number of amides is 1. The minimum Gasteiger partial charge on any atom is -0.497 e. The van der Waals surface area contributed by atoms with E-state index in [2.05, 4.69) is 15.6 Å². The van der Waals surface area contributed by atoms with Gasteiger partial charge in [0.05, 0.1) is 18.2 Å². The quantitative estimate of drug-likeness (QED) is 0.528. The molecular weight excluding hydrogens is 356 g/mol. The Morgan fingerprint density at radius 3 is 2.64 bits per heavy atom. The predicted octanol–water partition coefficient (Wildman–Crippen LogP) is 2.97. The van der Waals surface area contributed by atoms with Gasteiger partial charge in [-0.2, -0.15) is 10.2 Å². The smallest absolute Gasteiger partial charge is 0.292 e. The monoisotopic (exact) mass is 378 g/mol. The summed E-state index contributed by atoms with van der Waals surface area (Å²) in [5.41, 5.74) is 3.97. The topological polar surface area (TPSA) is 85.6 Å². The van der Waals surface area contributed by atoms with Crippen molar-refractivity contribution in [3.8, 4) is 5.75 Å². The zero-order valence-corrected chi connectivity index (χ0v) is 16.1. The summed E-state index contributed by atoms with van der Waals surface area (Å²) in [5.74, 6) is 0.237. The van der Waals surface area contributed by atoms with Crippen molar-refractivity contribution in [1.82, 2.24) is 15.2 Å². The lowest BCUT2D eigenvalue weighted by atomic mass is 10.1. The molecule has 0 spiro atoms. The number of rotatable bonds is 6. The minimum absolute atomic E-state index is 0.172. The van der Waals surface area contributed by atoms with Gasteiger partial charge in [0.15, 0.2) is 5.69 Å². The minimum atomic E-state index is -0.469. The standard InChI is InChI=1S/C21H22N4O3/c1-4-12-25-21(27)18-11-6-5-10-17(18)19(24-25)20(26)23-22-14(2)15-8-7-9-16(13-15)28-3/h5-11,13H,4,12H2,1-3H3,(H,23,26)/b22-14-. The van der Waals surface area contributed by atoms with Crippen LogP contribution < -0.4 is 15.7 Å². The van der Waals surface area contributed by atoms with E-state index in [1.807, 2.05) is 31.2 Å². The highest BCUT2D eigenvalue weighted by Gasteiger charge is 2.16. The van der Waals surface area contributed by atoms with E-state index in [4.69, 9.17) is 4.74 Å². The van der Waals surface area contributed by atoms with Gasteiger partial charge in [0.1, 0.15) is 5.75 Å². The molecule has 3 aromatic rings. The molecule has 0 saturated carbocycles. The molecule has 1 aromatic heterocycles. The van der Waals surface area contributed by atoms with Gasteiger partial charge in [0.2, 0.25) is 0 Å². The van der Waals surface area contributed by atoms with Crippen LogP contribution in [0.2, 0.25) is 0 Å². The number of fused-ring (bicyclic) bond motifs is 1. The molecule has 2 aromatic carbocycles. The molecule has 7 heteroatoms. The van der Waals surface area contributed by atoms with Crippen molar-refractivity contribution in [1.29, 1.82) is 0 Å². The second-order valence-electron chi connectivity index (χ2n) is 6.29. The molecular formula is C21H22N4O3. The van der Waals surface area contributed by atoms with Gasteiger partial charge in [-0.25, -0.2) is 10.1 Å². The average Bonchev–Trinajstić information content (AvgIpc) is 2.74. The molecule has 0 atom stereocenters. The molecule has 0 aliphatic heterocycles. The SMILES string of the molecule is CCCn1nc(C(=O)N/N=C(/C)c2cccc(OC)c2)c2ccccc2c1=O. The molecule has 7 nitrogen and oxygen atoms in total. The number of carbonyl (C=O) groups is 1. The van der Waals surface area contributed by atoms with E-state index in [0.29, 0.717) is 28.8 Å². The molecule has 3 rings (SSSR count). The molecule has 0 aliphatic carbocycles. The average molecular weight is 378 g/mol. The van der Waals surface area contributed by atoms with Crippen LogP contribution in [0.3, 0.4) is 0 Å². The molecule has 28 heavy (non-hydrogen) atoms. The first-order chi connectivity index (χ1) is 13.5. The van der Waals surface area contributed by atoms with Crippen molar-refractivity contribution in [3.63, 3.8) is 0 Å². The highest BCUT2D eigenvalue weighted by atomic mass is 16.5. The highest BCUT2D eigenvalue weighted by molar-refractivity contribution is 6.06. The van der Waals surface area contributed by atoms with Crippen LogP contribution in [0.15, 0.2) is 58.4 Å². The van der Waals surface area contributed by atoms with E-state index in [9.17, 15) is 9.59 Å². The third-order valence-electron chi connectivity index (χ3n) is 4.33. The van der Waals surface area contributed by atoms with E-state index in [1.165, 1.54) is 4.68 Å². The zero-order valence-electron chi connectivity index (χ0n) is 16.1. The lowest BCUT2D eigenvalue weighted by Crippen LogP contribution is -2.29. The maximum atomic E-state index is 12.8. The van der Waals surface area contributed by atoms with Crippen molar-refractivity contribution >= 4 is 22.4 Å². The summed E-state index contributed by atoms with van der Waals surface area (Å²) >= 11 is 0. The van der Waals surface area contributed by atoms with Crippen LogP contribution in [0.1, 0.15) is 36.3 Å². The molecule has 1 amide bonds. The normalized spacial score (nSPS) is 11.5. The maximum absolute atomic E-state index is 12.8. The number of carbonyl (C=O) groups excluding carboxylic acids is 1. The Kier molecular flexibility index (Phi) is 5.84. The zero-order chi connectivity index (χ0) is 20.1. The maximum Gasteiger partial charge on any atom is 0.292 e. The summed E-state index contributed by atoms with van der Waals surface area (Å²) in [6.45, 7) is 4.18. The van der Waals surface area contributed by atoms with Gasteiger partial charge in [0, 0.05) is 17.5 Å². The van der Waals surface area contributed by atoms with Crippen LogP contribution in [-0.2, 0) is 6.54 Å². The van der Waals surface area contributed by atoms with Gasteiger partial charge in [-0.05, 0) is 31.5 Å². The number of nitrogens with zero attached hydrogens (tertiary/aromatic N) is 3. The van der Waals surface area contributed by atoms with E-state index in [1.54, 1.807) is 38.3 Å². The second kappa shape index (κ2) is 8.47. The van der Waals surface area contributed by atoms with Crippen LogP contribution in [-0.4, -0.2) is 28.5 Å². The molecule has 0 radical (unpaired) electrons. The van der Waals surface area contributed by atoms with E-state index in [0.717, 1.165) is 12.0 Å². The summed E-state index contributed by atoms with van der Waals surface area (Å²) in [5, 5.41) is 9.42. The van der Waals surface area contributed by atoms with Gasteiger partial charge in [0.25, 0.3) is 11.5 Å². The Morgan fingerprint density at radius 1 is 1.18 bits per heavy atom. The summed E-state index contributed by atoms with van der Waals surface area (Å²) in [4.78, 5) is 25.3. The first kappa shape index (κ1) is 19.3. The largest absolute Gasteiger partial charge is 0.497 e. The molecule has 0 saturated heterocycles. The van der Waals surface area contributed by atoms with Gasteiger partial charge >= 0.3 is 0 Å². The number of nitrogens with one attached hydrogen (secondary N) is 1. The van der Waals surface area contributed by atoms with E-state index >= 15 is 0 Å². The lowest BCUT2D eigenvalue weighted by Gasteiger charge is -2.10. The van der Waals surface area contributed by atoms with Crippen molar-refractivity contribution in [2.45, 2.75) is 26.8 Å². The van der Waals surface area contributed by atoms with E-state index in [-0.39, 0.29) is 11.3 Å². The summed E-state index contributed by atoms with van der Waals surface area (Å²) < 4.78 is 6.54. The van der Waals surface area contributed by atoms with Gasteiger partial charge in [-0.15, -0.1) is 0 Å². The number of ether oxygens (including phenoxy) is 1. The molecule has 0 bridgehead atoms. The van der Waals surface area contributed by atoms with Crippen molar-refractivity contribution in [2.24, 2.45) is 5.10 Å². The Bertz CT molecular complexity index is 1100. The van der Waals surface area contributed by atoms with Crippen LogP contribution in [0.5, 0.6) is 5.75 Å². The molecule has 1 N–H and O–H groups in total.